The Morgan fingerprint density at radius 1 is 1.04 bits per heavy atom. The maximum Gasteiger partial charge on any atom is 0.316 e. The van der Waals surface area contributed by atoms with Crippen molar-refractivity contribution in [2.24, 2.45) is 0 Å². The summed E-state index contributed by atoms with van der Waals surface area (Å²) in [4.78, 5) is 24.8. The summed E-state index contributed by atoms with van der Waals surface area (Å²) in [7, 11) is 0. The van der Waals surface area contributed by atoms with Gasteiger partial charge in [0, 0.05) is 20.6 Å². The van der Waals surface area contributed by atoms with Gasteiger partial charge in [0.05, 0.1) is 5.75 Å². The van der Waals surface area contributed by atoms with Crippen LogP contribution in [0.5, 0.6) is 0 Å². The lowest BCUT2D eigenvalue weighted by atomic mass is 10.1. The molecule has 0 heterocycles. The predicted octanol–water partition coefficient (Wildman–Crippen LogP) is 4.76. The third-order valence-electron chi connectivity index (χ3n) is 3.94. The molecule has 0 fully saturated rings. The number of rotatable bonds is 6. The minimum atomic E-state index is -0.445. The maximum absolute atomic E-state index is 11.9. The average molecular weight is 410 g/mol. The molecule has 3 rings (SSSR count). The Bertz CT molecular complexity index is 821. The first-order valence-corrected chi connectivity index (χ1v) is 9.90. The Hall–Kier alpha value is -1.69. The number of hydrogen-bond acceptors (Lipinski definition) is 4. The van der Waals surface area contributed by atoms with Crippen LogP contribution in [0.15, 0.2) is 41.3 Å². The van der Waals surface area contributed by atoms with E-state index in [9.17, 15) is 9.59 Å². The number of thioether (sulfide) groups is 1. The zero-order valence-electron chi connectivity index (χ0n) is 13.9. The van der Waals surface area contributed by atoms with Gasteiger partial charge < -0.3 is 10.1 Å². The Labute approximate surface area is 166 Å². The van der Waals surface area contributed by atoms with E-state index in [1.54, 1.807) is 18.2 Å². The molecule has 0 aromatic heterocycles. The summed E-state index contributed by atoms with van der Waals surface area (Å²) in [5, 5.41) is 3.41. The lowest BCUT2D eigenvalue weighted by Gasteiger charge is -2.08. The van der Waals surface area contributed by atoms with Gasteiger partial charge in [0.2, 0.25) is 0 Å². The molecule has 2 aromatic rings. The molecule has 2 aromatic carbocycles. The highest BCUT2D eigenvalue weighted by atomic mass is 35.5. The molecular formula is C19H17Cl2NO3S. The van der Waals surface area contributed by atoms with Gasteiger partial charge >= 0.3 is 5.97 Å². The number of halogens is 2. The first kappa shape index (κ1) is 19.1. The standard InChI is InChI=1S/C19H17Cl2NO3S/c20-14-7-15(21)9-16(8-14)22-18(23)10-25-19(24)11-26-17-5-4-12-2-1-3-13(12)6-17/h4-9H,1-3,10-11H2,(H,22,23). The summed E-state index contributed by atoms with van der Waals surface area (Å²) in [6.45, 7) is -0.353. The van der Waals surface area contributed by atoms with E-state index in [4.69, 9.17) is 27.9 Å². The van der Waals surface area contributed by atoms with Gasteiger partial charge in [0.25, 0.3) is 5.91 Å². The van der Waals surface area contributed by atoms with E-state index in [0.29, 0.717) is 15.7 Å². The smallest absolute Gasteiger partial charge is 0.316 e. The number of aryl methyl sites for hydroxylation is 2. The highest BCUT2D eigenvalue weighted by Gasteiger charge is 2.13. The Morgan fingerprint density at radius 2 is 1.77 bits per heavy atom. The number of esters is 1. The van der Waals surface area contributed by atoms with Crippen LogP contribution in [0, 0.1) is 0 Å². The molecule has 0 radical (unpaired) electrons. The van der Waals surface area contributed by atoms with Crippen molar-refractivity contribution in [2.75, 3.05) is 17.7 Å². The summed E-state index contributed by atoms with van der Waals surface area (Å²) in [5.74, 6) is -0.719. The van der Waals surface area contributed by atoms with Gasteiger partial charge in [-0.25, -0.2) is 0 Å². The highest BCUT2D eigenvalue weighted by Crippen LogP contribution is 2.27. The fourth-order valence-electron chi connectivity index (χ4n) is 2.79. The minimum Gasteiger partial charge on any atom is -0.455 e. The van der Waals surface area contributed by atoms with Crippen LogP contribution in [-0.2, 0) is 27.2 Å². The number of nitrogens with one attached hydrogen (secondary N) is 1. The van der Waals surface area contributed by atoms with Crippen LogP contribution in [0.1, 0.15) is 17.5 Å². The molecule has 1 N–H and O–H groups in total. The van der Waals surface area contributed by atoms with Crippen molar-refractivity contribution in [3.8, 4) is 0 Å². The van der Waals surface area contributed by atoms with Crippen LogP contribution < -0.4 is 5.32 Å². The number of amides is 1. The van der Waals surface area contributed by atoms with Crippen molar-refractivity contribution in [3.63, 3.8) is 0 Å². The molecule has 1 aliphatic rings. The van der Waals surface area contributed by atoms with Crippen LogP contribution >= 0.6 is 35.0 Å². The summed E-state index contributed by atoms with van der Waals surface area (Å²) in [6.07, 6.45) is 3.43. The van der Waals surface area contributed by atoms with Crippen molar-refractivity contribution >= 4 is 52.5 Å². The third-order valence-corrected chi connectivity index (χ3v) is 5.34. The molecule has 7 heteroatoms. The van der Waals surface area contributed by atoms with Gasteiger partial charge in [0.1, 0.15) is 0 Å². The fraction of sp³-hybridized carbons (Fsp3) is 0.263. The number of carbonyl (C=O) groups is 2. The van der Waals surface area contributed by atoms with Gasteiger partial charge in [-0.3, -0.25) is 9.59 Å². The van der Waals surface area contributed by atoms with Crippen molar-refractivity contribution in [1.82, 2.24) is 0 Å². The molecule has 136 valence electrons. The topological polar surface area (TPSA) is 55.4 Å². The van der Waals surface area contributed by atoms with E-state index in [1.165, 1.54) is 29.3 Å². The number of benzene rings is 2. The lowest BCUT2D eigenvalue weighted by molar-refractivity contribution is -0.144. The van der Waals surface area contributed by atoms with Crippen LogP contribution in [0.2, 0.25) is 10.0 Å². The van der Waals surface area contributed by atoms with E-state index in [0.717, 1.165) is 17.7 Å². The van der Waals surface area contributed by atoms with Crippen LogP contribution in [-0.4, -0.2) is 24.2 Å². The molecular weight excluding hydrogens is 393 g/mol. The zero-order chi connectivity index (χ0) is 18.5. The second kappa shape index (κ2) is 8.80. The molecule has 0 bridgehead atoms. The maximum atomic E-state index is 11.9. The van der Waals surface area contributed by atoms with E-state index in [2.05, 4.69) is 17.4 Å². The van der Waals surface area contributed by atoms with Crippen molar-refractivity contribution < 1.29 is 14.3 Å². The van der Waals surface area contributed by atoms with Gasteiger partial charge in [-0.1, -0.05) is 29.3 Å². The Morgan fingerprint density at radius 3 is 2.54 bits per heavy atom. The third kappa shape index (κ3) is 5.40. The molecule has 4 nitrogen and oxygen atoms in total. The molecule has 0 aliphatic heterocycles. The fourth-order valence-corrected chi connectivity index (χ4v) is 4.07. The van der Waals surface area contributed by atoms with Crippen LogP contribution in [0.4, 0.5) is 5.69 Å². The lowest BCUT2D eigenvalue weighted by Crippen LogP contribution is -2.21. The minimum absolute atomic E-state index is 0.162. The Kier molecular flexibility index (Phi) is 6.46. The normalized spacial score (nSPS) is 12.5. The van der Waals surface area contributed by atoms with E-state index < -0.39 is 11.9 Å². The van der Waals surface area contributed by atoms with Crippen molar-refractivity contribution in [1.29, 1.82) is 0 Å². The highest BCUT2D eigenvalue weighted by molar-refractivity contribution is 8.00. The van der Waals surface area contributed by atoms with Gasteiger partial charge in [0.15, 0.2) is 6.61 Å². The number of anilines is 1. The molecule has 26 heavy (non-hydrogen) atoms. The van der Waals surface area contributed by atoms with Crippen molar-refractivity contribution in [2.45, 2.75) is 24.2 Å². The van der Waals surface area contributed by atoms with Crippen molar-refractivity contribution in [3.05, 3.63) is 57.6 Å². The van der Waals surface area contributed by atoms with Crippen LogP contribution in [0.25, 0.3) is 0 Å². The quantitative estimate of drug-likeness (QED) is 0.551. The molecule has 0 saturated carbocycles. The molecule has 0 atom stereocenters. The number of ether oxygens (including phenoxy) is 1. The van der Waals surface area contributed by atoms with E-state index in [-0.39, 0.29) is 12.4 Å². The van der Waals surface area contributed by atoms with E-state index >= 15 is 0 Å². The van der Waals surface area contributed by atoms with Gasteiger partial charge in [-0.2, -0.15) is 0 Å². The molecule has 0 unspecified atom stereocenters. The number of carbonyl (C=O) groups excluding carboxylic acids is 2. The van der Waals surface area contributed by atoms with Crippen LogP contribution in [0.3, 0.4) is 0 Å². The molecule has 1 aliphatic carbocycles. The Balaban J connectivity index is 1.43. The summed E-state index contributed by atoms with van der Waals surface area (Å²) >= 11 is 13.2. The summed E-state index contributed by atoms with van der Waals surface area (Å²) in [6, 6.07) is 11.0. The largest absolute Gasteiger partial charge is 0.455 e. The monoisotopic (exact) mass is 409 g/mol. The summed E-state index contributed by atoms with van der Waals surface area (Å²) < 4.78 is 5.01. The predicted molar refractivity (Wildman–Crippen MR) is 105 cm³/mol. The number of hydrogen-bond donors (Lipinski definition) is 1. The second-order valence-electron chi connectivity index (χ2n) is 5.94. The zero-order valence-corrected chi connectivity index (χ0v) is 16.2. The van der Waals surface area contributed by atoms with Gasteiger partial charge in [-0.05, 0) is 60.7 Å². The molecule has 1 amide bonds. The van der Waals surface area contributed by atoms with Gasteiger partial charge in [-0.15, -0.1) is 11.8 Å². The molecule has 0 spiro atoms. The first-order chi connectivity index (χ1) is 12.5. The molecule has 0 saturated heterocycles. The summed E-state index contributed by atoms with van der Waals surface area (Å²) in [5.41, 5.74) is 3.22. The first-order valence-electron chi connectivity index (χ1n) is 8.16. The SMILES string of the molecule is O=C(COC(=O)CSc1ccc2c(c1)CCC2)Nc1cc(Cl)cc(Cl)c1. The second-order valence-corrected chi connectivity index (χ2v) is 7.86. The van der Waals surface area contributed by atoms with E-state index in [1.807, 2.05) is 6.07 Å². The number of fused-ring (bicyclic) bond motifs is 1. The average Bonchev–Trinajstić information content (AvgIpc) is 3.05.